The molecule has 2 aromatic rings. The van der Waals surface area contributed by atoms with Crippen molar-refractivity contribution in [3.05, 3.63) is 29.0 Å². The number of rotatable bonds is 2. The number of fused-ring (bicyclic) bond motifs is 1. The standard InChI is InChI=1S/C19H25BrN4O2/c1-12-10-24(26-18(25)19(3,4)5)13(2)9-23(12)17-15-8-14(20)6-7-16(15)21-11-22-17/h6-8,11-13H,9-10H2,1-5H3/t12-,13+/m0/s1. The topological polar surface area (TPSA) is 58.6 Å². The molecule has 1 aromatic carbocycles. The molecule has 0 amide bonds. The fourth-order valence-corrected chi connectivity index (χ4v) is 3.37. The number of nitrogens with zero attached hydrogens (tertiary/aromatic N) is 4. The molecule has 0 unspecified atom stereocenters. The number of aromatic nitrogens is 2. The zero-order valence-electron chi connectivity index (χ0n) is 15.9. The van der Waals surface area contributed by atoms with Crippen LogP contribution in [0.15, 0.2) is 29.0 Å². The number of anilines is 1. The summed E-state index contributed by atoms with van der Waals surface area (Å²) in [6.07, 6.45) is 1.61. The number of hydrogen-bond acceptors (Lipinski definition) is 6. The van der Waals surface area contributed by atoms with Crippen LogP contribution in [0.1, 0.15) is 34.6 Å². The lowest BCUT2D eigenvalue weighted by Gasteiger charge is -2.43. The third-order valence-corrected chi connectivity index (χ3v) is 5.08. The largest absolute Gasteiger partial charge is 0.367 e. The van der Waals surface area contributed by atoms with E-state index in [1.807, 2.05) is 39.0 Å². The van der Waals surface area contributed by atoms with E-state index in [1.165, 1.54) is 0 Å². The van der Waals surface area contributed by atoms with E-state index in [9.17, 15) is 4.79 Å². The van der Waals surface area contributed by atoms with Gasteiger partial charge in [-0.05, 0) is 52.8 Å². The minimum Gasteiger partial charge on any atom is -0.367 e. The quantitative estimate of drug-likeness (QED) is 0.736. The Morgan fingerprint density at radius 3 is 2.62 bits per heavy atom. The van der Waals surface area contributed by atoms with E-state index >= 15 is 0 Å². The zero-order valence-corrected chi connectivity index (χ0v) is 17.4. The number of carbonyl (C=O) groups excluding carboxylic acids is 1. The maximum absolute atomic E-state index is 12.2. The average Bonchev–Trinajstić information content (AvgIpc) is 2.56. The Balaban J connectivity index is 1.84. The molecule has 1 saturated heterocycles. The van der Waals surface area contributed by atoms with Crippen molar-refractivity contribution in [2.45, 2.75) is 46.7 Å². The molecule has 0 saturated carbocycles. The molecule has 3 rings (SSSR count). The number of piperazine rings is 1. The maximum atomic E-state index is 12.2. The molecule has 2 heterocycles. The highest BCUT2D eigenvalue weighted by molar-refractivity contribution is 9.10. The first-order valence-corrected chi connectivity index (χ1v) is 9.62. The summed E-state index contributed by atoms with van der Waals surface area (Å²) in [5.74, 6) is 0.707. The van der Waals surface area contributed by atoms with Crippen LogP contribution < -0.4 is 4.90 Å². The smallest absolute Gasteiger partial charge is 0.330 e. The van der Waals surface area contributed by atoms with E-state index in [4.69, 9.17) is 4.84 Å². The molecule has 0 radical (unpaired) electrons. The normalized spacial score (nSPS) is 21.8. The average molecular weight is 421 g/mol. The summed E-state index contributed by atoms with van der Waals surface area (Å²) in [6, 6.07) is 6.23. The van der Waals surface area contributed by atoms with Gasteiger partial charge in [-0.15, -0.1) is 5.06 Å². The minimum atomic E-state index is -0.519. The van der Waals surface area contributed by atoms with Crippen LogP contribution in [0.3, 0.4) is 0 Å². The van der Waals surface area contributed by atoms with Gasteiger partial charge in [-0.2, -0.15) is 0 Å². The van der Waals surface area contributed by atoms with E-state index in [0.29, 0.717) is 6.54 Å². The van der Waals surface area contributed by atoms with Gasteiger partial charge in [-0.3, -0.25) is 0 Å². The first-order valence-electron chi connectivity index (χ1n) is 8.83. The summed E-state index contributed by atoms with van der Waals surface area (Å²) < 4.78 is 1.000. The van der Waals surface area contributed by atoms with Crippen molar-refractivity contribution in [3.63, 3.8) is 0 Å². The second-order valence-electron chi connectivity index (χ2n) is 7.94. The SMILES string of the molecule is C[C@@H]1CN(c2ncnc3ccc(Br)cc23)[C@@H](C)CN1OC(=O)C(C)(C)C. The number of hydroxylamine groups is 2. The second-order valence-corrected chi connectivity index (χ2v) is 8.85. The van der Waals surface area contributed by atoms with Crippen LogP contribution in [-0.2, 0) is 9.63 Å². The molecule has 26 heavy (non-hydrogen) atoms. The summed E-state index contributed by atoms with van der Waals surface area (Å²) in [7, 11) is 0. The Bertz CT molecular complexity index is 821. The Hall–Kier alpha value is -1.73. The number of halogens is 1. The molecule has 140 valence electrons. The van der Waals surface area contributed by atoms with Crippen molar-refractivity contribution >= 4 is 38.6 Å². The molecule has 0 spiro atoms. The molecule has 7 heteroatoms. The third-order valence-electron chi connectivity index (χ3n) is 4.59. The first kappa shape index (κ1) is 19.0. The van der Waals surface area contributed by atoms with Crippen LogP contribution in [0.25, 0.3) is 10.9 Å². The van der Waals surface area contributed by atoms with Crippen LogP contribution in [0, 0.1) is 5.41 Å². The second kappa shape index (κ2) is 7.12. The van der Waals surface area contributed by atoms with Crippen LogP contribution in [-0.4, -0.2) is 46.2 Å². The third kappa shape index (κ3) is 3.83. The highest BCUT2D eigenvalue weighted by atomic mass is 79.9. The molecule has 0 N–H and O–H groups in total. The molecule has 1 fully saturated rings. The van der Waals surface area contributed by atoms with Gasteiger partial charge < -0.3 is 9.74 Å². The van der Waals surface area contributed by atoms with E-state index in [0.717, 1.165) is 27.7 Å². The molecule has 1 aliphatic heterocycles. The summed E-state index contributed by atoms with van der Waals surface area (Å²) in [5, 5.41) is 2.81. The highest BCUT2D eigenvalue weighted by Crippen LogP contribution is 2.30. The van der Waals surface area contributed by atoms with Crippen LogP contribution in [0.4, 0.5) is 5.82 Å². The van der Waals surface area contributed by atoms with Crippen molar-refractivity contribution < 1.29 is 9.63 Å². The van der Waals surface area contributed by atoms with E-state index in [1.54, 1.807) is 11.4 Å². The van der Waals surface area contributed by atoms with Crippen molar-refractivity contribution in [2.24, 2.45) is 5.41 Å². The van der Waals surface area contributed by atoms with Crippen LogP contribution in [0.5, 0.6) is 0 Å². The van der Waals surface area contributed by atoms with Gasteiger partial charge >= 0.3 is 5.97 Å². The number of hydrogen-bond donors (Lipinski definition) is 0. The van der Waals surface area contributed by atoms with Crippen LogP contribution in [0.2, 0.25) is 0 Å². The maximum Gasteiger partial charge on any atom is 0.330 e. The zero-order chi connectivity index (χ0) is 19.1. The van der Waals surface area contributed by atoms with Gasteiger partial charge in [0.25, 0.3) is 0 Å². The van der Waals surface area contributed by atoms with Gasteiger partial charge in [0.1, 0.15) is 12.1 Å². The van der Waals surface area contributed by atoms with Crippen molar-refractivity contribution in [2.75, 3.05) is 18.0 Å². The summed E-state index contributed by atoms with van der Waals surface area (Å²) >= 11 is 3.53. The van der Waals surface area contributed by atoms with E-state index in [2.05, 4.69) is 44.6 Å². The Morgan fingerprint density at radius 1 is 1.19 bits per heavy atom. The van der Waals surface area contributed by atoms with Gasteiger partial charge in [0.05, 0.1) is 23.5 Å². The number of carbonyl (C=O) groups is 1. The molecule has 0 bridgehead atoms. The van der Waals surface area contributed by atoms with Gasteiger partial charge in [0, 0.05) is 22.4 Å². The van der Waals surface area contributed by atoms with Gasteiger partial charge in [0.2, 0.25) is 0 Å². The number of benzene rings is 1. The Labute approximate surface area is 162 Å². The molecule has 1 aromatic heterocycles. The van der Waals surface area contributed by atoms with Crippen molar-refractivity contribution in [1.82, 2.24) is 15.0 Å². The van der Waals surface area contributed by atoms with E-state index in [-0.39, 0.29) is 18.1 Å². The van der Waals surface area contributed by atoms with Crippen LogP contribution >= 0.6 is 15.9 Å². The van der Waals surface area contributed by atoms with Crippen molar-refractivity contribution in [1.29, 1.82) is 0 Å². The first-order chi connectivity index (χ1) is 12.2. The fraction of sp³-hybridized carbons (Fsp3) is 0.526. The lowest BCUT2D eigenvalue weighted by molar-refractivity contribution is -0.213. The summed E-state index contributed by atoms with van der Waals surface area (Å²) in [6.45, 7) is 11.1. The fourth-order valence-electron chi connectivity index (χ4n) is 3.00. The van der Waals surface area contributed by atoms with E-state index < -0.39 is 5.41 Å². The minimum absolute atomic E-state index is 0.0645. The molecular formula is C19H25BrN4O2. The predicted molar refractivity (Wildman–Crippen MR) is 106 cm³/mol. The summed E-state index contributed by atoms with van der Waals surface area (Å²) in [5.41, 5.74) is 0.398. The Kier molecular flexibility index (Phi) is 5.21. The monoisotopic (exact) mass is 420 g/mol. The molecule has 0 aliphatic carbocycles. The lowest BCUT2D eigenvalue weighted by Crippen LogP contribution is -2.57. The molecule has 6 nitrogen and oxygen atoms in total. The molecule has 2 atom stereocenters. The van der Waals surface area contributed by atoms with Gasteiger partial charge in [0.15, 0.2) is 0 Å². The molecule has 1 aliphatic rings. The lowest BCUT2D eigenvalue weighted by atomic mass is 9.98. The van der Waals surface area contributed by atoms with Crippen molar-refractivity contribution in [3.8, 4) is 0 Å². The van der Waals surface area contributed by atoms with Gasteiger partial charge in [-0.1, -0.05) is 15.9 Å². The summed E-state index contributed by atoms with van der Waals surface area (Å²) in [4.78, 5) is 29.1. The highest BCUT2D eigenvalue weighted by Gasteiger charge is 2.35. The van der Waals surface area contributed by atoms with Gasteiger partial charge in [-0.25, -0.2) is 14.8 Å². The molecular weight excluding hydrogens is 396 g/mol. The predicted octanol–water partition coefficient (Wildman–Crippen LogP) is 3.80. The Morgan fingerprint density at radius 2 is 1.92 bits per heavy atom.